The molecule has 1 aromatic heterocycles. The SMILES string of the molecule is CC(N)Cc1cnc(C2CCN(C(C)C)C2)o1. The van der Waals surface area contributed by atoms with Gasteiger partial charge in [-0.05, 0) is 33.7 Å². The van der Waals surface area contributed by atoms with Gasteiger partial charge in [-0.3, -0.25) is 0 Å². The molecule has 4 nitrogen and oxygen atoms in total. The molecule has 1 aromatic rings. The first-order valence-corrected chi connectivity index (χ1v) is 6.50. The summed E-state index contributed by atoms with van der Waals surface area (Å²) in [5.41, 5.74) is 5.75. The molecule has 96 valence electrons. The van der Waals surface area contributed by atoms with Crippen LogP contribution in [0.3, 0.4) is 0 Å². The Morgan fingerprint density at radius 3 is 2.88 bits per heavy atom. The highest BCUT2D eigenvalue weighted by Crippen LogP contribution is 2.28. The van der Waals surface area contributed by atoms with Crippen molar-refractivity contribution in [1.82, 2.24) is 9.88 Å². The van der Waals surface area contributed by atoms with Crippen molar-refractivity contribution >= 4 is 0 Å². The van der Waals surface area contributed by atoms with Gasteiger partial charge >= 0.3 is 0 Å². The minimum absolute atomic E-state index is 0.131. The average molecular weight is 237 g/mol. The van der Waals surface area contributed by atoms with Gasteiger partial charge in [0.2, 0.25) is 0 Å². The molecule has 0 aromatic carbocycles. The van der Waals surface area contributed by atoms with Gasteiger partial charge in [-0.25, -0.2) is 4.98 Å². The highest BCUT2D eigenvalue weighted by atomic mass is 16.4. The molecule has 2 unspecified atom stereocenters. The molecule has 4 heteroatoms. The molecule has 1 fully saturated rings. The summed E-state index contributed by atoms with van der Waals surface area (Å²) in [7, 11) is 0. The quantitative estimate of drug-likeness (QED) is 0.867. The van der Waals surface area contributed by atoms with Gasteiger partial charge in [-0.15, -0.1) is 0 Å². The number of rotatable bonds is 4. The summed E-state index contributed by atoms with van der Waals surface area (Å²) in [6, 6.07) is 0.741. The summed E-state index contributed by atoms with van der Waals surface area (Å²) in [6.45, 7) is 8.67. The van der Waals surface area contributed by atoms with Gasteiger partial charge < -0.3 is 15.1 Å². The van der Waals surface area contributed by atoms with Crippen molar-refractivity contribution in [2.45, 2.75) is 51.6 Å². The van der Waals surface area contributed by atoms with E-state index in [4.69, 9.17) is 10.2 Å². The third-order valence-corrected chi connectivity index (χ3v) is 3.39. The Bertz CT molecular complexity index is 359. The molecule has 1 aliphatic rings. The van der Waals surface area contributed by atoms with E-state index in [9.17, 15) is 0 Å². The summed E-state index contributed by atoms with van der Waals surface area (Å²) in [5.74, 6) is 2.26. The van der Waals surface area contributed by atoms with E-state index < -0.39 is 0 Å². The maximum Gasteiger partial charge on any atom is 0.198 e. The van der Waals surface area contributed by atoms with Crippen LogP contribution in [0.4, 0.5) is 0 Å². The van der Waals surface area contributed by atoms with Gasteiger partial charge in [0, 0.05) is 31.0 Å². The lowest BCUT2D eigenvalue weighted by Crippen LogP contribution is -2.27. The Morgan fingerprint density at radius 2 is 2.29 bits per heavy atom. The summed E-state index contributed by atoms with van der Waals surface area (Å²) < 4.78 is 5.79. The molecule has 2 rings (SSSR count). The minimum Gasteiger partial charge on any atom is -0.445 e. The van der Waals surface area contributed by atoms with Crippen molar-refractivity contribution in [2.24, 2.45) is 5.73 Å². The molecule has 2 heterocycles. The Kier molecular flexibility index (Phi) is 3.84. The second-order valence-electron chi connectivity index (χ2n) is 5.42. The van der Waals surface area contributed by atoms with E-state index in [0.717, 1.165) is 37.6 Å². The monoisotopic (exact) mass is 237 g/mol. The number of hydrogen-bond donors (Lipinski definition) is 1. The van der Waals surface area contributed by atoms with Crippen LogP contribution in [0.2, 0.25) is 0 Å². The zero-order chi connectivity index (χ0) is 12.4. The molecule has 0 amide bonds. The molecule has 1 saturated heterocycles. The number of nitrogens with zero attached hydrogens (tertiary/aromatic N) is 2. The number of likely N-dealkylation sites (tertiary alicyclic amines) is 1. The highest BCUT2D eigenvalue weighted by Gasteiger charge is 2.28. The predicted molar refractivity (Wildman–Crippen MR) is 67.9 cm³/mol. The minimum atomic E-state index is 0.131. The highest BCUT2D eigenvalue weighted by molar-refractivity contribution is 5.03. The Morgan fingerprint density at radius 1 is 1.53 bits per heavy atom. The second kappa shape index (κ2) is 5.19. The molecule has 0 spiro atoms. The van der Waals surface area contributed by atoms with Crippen LogP contribution >= 0.6 is 0 Å². The fourth-order valence-corrected chi connectivity index (χ4v) is 2.38. The van der Waals surface area contributed by atoms with Crippen LogP contribution in [0, 0.1) is 0 Å². The molecule has 0 bridgehead atoms. The lowest BCUT2D eigenvalue weighted by atomic mass is 10.1. The van der Waals surface area contributed by atoms with Crippen LogP contribution in [0.5, 0.6) is 0 Å². The molecule has 0 aliphatic carbocycles. The van der Waals surface area contributed by atoms with E-state index in [2.05, 4.69) is 23.7 Å². The number of hydrogen-bond acceptors (Lipinski definition) is 4. The number of nitrogens with two attached hydrogens (primary N) is 1. The van der Waals surface area contributed by atoms with E-state index in [0.29, 0.717) is 12.0 Å². The average Bonchev–Trinajstić information content (AvgIpc) is 2.83. The van der Waals surface area contributed by atoms with Gasteiger partial charge in [0.1, 0.15) is 5.76 Å². The number of aromatic nitrogens is 1. The summed E-state index contributed by atoms with van der Waals surface area (Å²) in [6.07, 6.45) is 3.75. The van der Waals surface area contributed by atoms with E-state index in [1.54, 1.807) is 0 Å². The van der Waals surface area contributed by atoms with Crippen molar-refractivity contribution in [3.8, 4) is 0 Å². The van der Waals surface area contributed by atoms with Gasteiger partial charge in [-0.1, -0.05) is 0 Å². The molecule has 1 aliphatic heterocycles. The molecule has 17 heavy (non-hydrogen) atoms. The van der Waals surface area contributed by atoms with Crippen LogP contribution in [0.25, 0.3) is 0 Å². The van der Waals surface area contributed by atoms with E-state index in [1.165, 1.54) is 0 Å². The first-order valence-electron chi connectivity index (χ1n) is 6.50. The van der Waals surface area contributed by atoms with Gasteiger partial charge in [0.15, 0.2) is 5.89 Å². The largest absolute Gasteiger partial charge is 0.445 e. The van der Waals surface area contributed by atoms with E-state index in [-0.39, 0.29) is 6.04 Å². The third-order valence-electron chi connectivity index (χ3n) is 3.39. The maximum absolute atomic E-state index is 5.79. The standard InChI is InChI=1S/C13H23N3O/c1-9(2)16-5-4-11(8-16)13-15-7-12(17-13)6-10(3)14/h7,9-11H,4-6,8,14H2,1-3H3. The summed E-state index contributed by atoms with van der Waals surface area (Å²) in [4.78, 5) is 6.87. The summed E-state index contributed by atoms with van der Waals surface area (Å²) >= 11 is 0. The van der Waals surface area contributed by atoms with Crippen LogP contribution in [0.15, 0.2) is 10.6 Å². The summed E-state index contributed by atoms with van der Waals surface area (Å²) in [5, 5.41) is 0. The predicted octanol–water partition coefficient (Wildman–Crippen LogP) is 1.76. The zero-order valence-corrected chi connectivity index (χ0v) is 11.0. The van der Waals surface area contributed by atoms with Crippen LogP contribution in [-0.2, 0) is 6.42 Å². The third kappa shape index (κ3) is 3.07. The maximum atomic E-state index is 5.79. The zero-order valence-electron chi connectivity index (χ0n) is 11.0. The second-order valence-corrected chi connectivity index (χ2v) is 5.42. The topological polar surface area (TPSA) is 55.3 Å². The van der Waals surface area contributed by atoms with Crippen molar-refractivity contribution in [3.05, 3.63) is 17.8 Å². The van der Waals surface area contributed by atoms with Crippen LogP contribution < -0.4 is 5.73 Å². The fraction of sp³-hybridized carbons (Fsp3) is 0.769. The molecule has 0 radical (unpaired) electrons. The fourth-order valence-electron chi connectivity index (χ4n) is 2.38. The first-order chi connectivity index (χ1) is 8.06. The molecular formula is C13H23N3O. The van der Waals surface area contributed by atoms with Crippen molar-refractivity contribution in [1.29, 1.82) is 0 Å². The van der Waals surface area contributed by atoms with E-state index >= 15 is 0 Å². The normalized spacial score (nSPS) is 23.5. The molecule has 2 N–H and O–H groups in total. The Balaban J connectivity index is 1.97. The Labute approximate surface area is 103 Å². The van der Waals surface area contributed by atoms with E-state index in [1.807, 2.05) is 13.1 Å². The van der Waals surface area contributed by atoms with Gasteiger partial charge in [0.05, 0.1) is 6.20 Å². The van der Waals surface area contributed by atoms with Gasteiger partial charge in [-0.2, -0.15) is 0 Å². The lowest BCUT2D eigenvalue weighted by molar-refractivity contribution is 0.268. The first kappa shape index (κ1) is 12.6. The lowest BCUT2D eigenvalue weighted by Gasteiger charge is -2.19. The Hall–Kier alpha value is -0.870. The van der Waals surface area contributed by atoms with Crippen molar-refractivity contribution in [2.75, 3.05) is 13.1 Å². The molecule has 2 atom stereocenters. The van der Waals surface area contributed by atoms with Crippen molar-refractivity contribution in [3.63, 3.8) is 0 Å². The number of oxazole rings is 1. The molecule has 0 saturated carbocycles. The van der Waals surface area contributed by atoms with Crippen molar-refractivity contribution < 1.29 is 4.42 Å². The smallest absolute Gasteiger partial charge is 0.198 e. The van der Waals surface area contributed by atoms with Crippen LogP contribution in [-0.4, -0.2) is 35.1 Å². The van der Waals surface area contributed by atoms with Crippen LogP contribution in [0.1, 0.15) is 44.8 Å². The molecular weight excluding hydrogens is 214 g/mol. The van der Waals surface area contributed by atoms with Gasteiger partial charge in [0.25, 0.3) is 0 Å².